The lowest BCUT2D eigenvalue weighted by Gasteiger charge is -2.23. The second kappa shape index (κ2) is 6.45. The molecule has 1 aromatic rings. The quantitative estimate of drug-likeness (QED) is 0.729. The molecule has 2 rings (SSSR count). The molecule has 7 heteroatoms. The predicted molar refractivity (Wildman–Crippen MR) is 77.7 cm³/mol. The molecule has 1 aromatic carbocycles. The van der Waals surface area contributed by atoms with Gasteiger partial charge in [0.1, 0.15) is 6.04 Å². The van der Waals surface area contributed by atoms with E-state index in [1.165, 1.54) is 7.11 Å². The van der Waals surface area contributed by atoms with Crippen LogP contribution in [0, 0.1) is 6.92 Å². The van der Waals surface area contributed by atoms with Crippen molar-refractivity contribution in [2.45, 2.75) is 13.0 Å². The van der Waals surface area contributed by atoms with Crippen molar-refractivity contribution >= 4 is 17.5 Å². The summed E-state index contributed by atoms with van der Waals surface area (Å²) in [7, 11) is 3.10. The van der Waals surface area contributed by atoms with Crippen molar-refractivity contribution < 1.29 is 19.1 Å². The van der Waals surface area contributed by atoms with Crippen LogP contribution in [-0.4, -0.2) is 45.2 Å². The van der Waals surface area contributed by atoms with Crippen molar-refractivity contribution in [3.63, 3.8) is 0 Å². The number of piperazine rings is 1. The molecule has 0 bridgehead atoms. The second-order valence-corrected chi connectivity index (χ2v) is 4.75. The minimum absolute atomic E-state index is 0.110. The zero-order chi connectivity index (χ0) is 15.4. The number of aryl methyl sites for hydroxylation is 1. The van der Waals surface area contributed by atoms with Crippen LogP contribution < -0.4 is 25.4 Å². The highest BCUT2D eigenvalue weighted by Gasteiger charge is 2.24. The van der Waals surface area contributed by atoms with E-state index in [9.17, 15) is 9.59 Å². The number of amides is 2. The third-order valence-electron chi connectivity index (χ3n) is 3.32. The molecule has 0 saturated carbocycles. The molecule has 0 aliphatic carbocycles. The fourth-order valence-corrected chi connectivity index (χ4v) is 2.09. The Hall–Kier alpha value is -2.28. The van der Waals surface area contributed by atoms with Crippen molar-refractivity contribution in [1.29, 1.82) is 0 Å². The van der Waals surface area contributed by atoms with Crippen LogP contribution in [0.25, 0.3) is 0 Å². The van der Waals surface area contributed by atoms with Gasteiger partial charge in [-0.1, -0.05) is 0 Å². The normalized spacial score (nSPS) is 17.9. The van der Waals surface area contributed by atoms with Crippen LogP contribution in [-0.2, 0) is 9.59 Å². The van der Waals surface area contributed by atoms with Crippen LogP contribution in [0.1, 0.15) is 5.56 Å². The van der Waals surface area contributed by atoms with E-state index in [4.69, 9.17) is 9.47 Å². The van der Waals surface area contributed by atoms with Crippen LogP contribution in [0.3, 0.4) is 0 Å². The first-order chi connectivity index (χ1) is 10.0. The molecule has 114 valence electrons. The van der Waals surface area contributed by atoms with Gasteiger partial charge in [-0.25, -0.2) is 0 Å². The van der Waals surface area contributed by atoms with Crippen LogP contribution >= 0.6 is 0 Å². The van der Waals surface area contributed by atoms with Crippen molar-refractivity contribution in [1.82, 2.24) is 10.6 Å². The van der Waals surface area contributed by atoms with Crippen LogP contribution in [0.4, 0.5) is 5.69 Å². The summed E-state index contributed by atoms with van der Waals surface area (Å²) in [5.41, 5.74) is 1.51. The zero-order valence-electron chi connectivity index (χ0n) is 12.3. The van der Waals surface area contributed by atoms with Gasteiger partial charge in [0.05, 0.1) is 20.8 Å². The Balaban J connectivity index is 2.11. The van der Waals surface area contributed by atoms with E-state index in [-0.39, 0.29) is 24.9 Å². The predicted octanol–water partition coefficient (Wildman–Crippen LogP) is 0.0387. The number of rotatable bonds is 4. The Morgan fingerprint density at radius 2 is 1.95 bits per heavy atom. The number of anilines is 1. The van der Waals surface area contributed by atoms with E-state index >= 15 is 0 Å². The molecule has 7 nitrogen and oxygen atoms in total. The Bertz CT molecular complexity index is 549. The van der Waals surface area contributed by atoms with E-state index in [2.05, 4.69) is 16.0 Å². The average molecular weight is 293 g/mol. The van der Waals surface area contributed by atoms with Gasteiger partial charge in [-0.05, 0) is 18.6 Å². The number of carbonyl (C=O) groups is 2. The van der Waals surface area contributed by atoms with Gasteiger partial charge in [0.25, 0.3) is 0 Å². The molecule has 1 aliphatic rings. The van der Waals surface area contributed by atoms with Gasteiger partial charge in [0, 0.05) is 18.3 Å². The van der Waals surface area contributed by atoms with E-state index < -0.39 is 6.04 Å². The molecule has 1 atom stereocenters. The van der Waals surface area contributed by atoms with Crippen LogP contribution in [0.5, 0.6) is 11.5 Å². The summed E-state index contributed by atoms with van der Waals surface area (Å²) in [6, 6.07) is 3.06. The molecule has 0 spiro atoms. The minimum Gasteiger partial charge on any atom is -0.493 e. The number of hydrogen-bond donors (Lipinski definition) is 3. The first-order valence-corrected chi connectivity index (χ1v) is 6.58. The number of nitrogens with one attached hydrogen (secondary N) is 3. The monoisotopic (exact) mass is 293 g/mol. The maximum absolute atomic E-state index is 12.2. The standard InChI is InChI=1S/C14H19N3O4/c1-8-4-11(20-2)12(21-3)5-9(8)17-14(19)10-6-16-13(18)7-15-10/h4-5,10,15H,6-7H2,1-3H3,(H,16,18)(H,17,19). The van der Waals surface area contributed by atoms with Gasteiger partial charge in [0.15, 0.2) is 11.5 Å². The van der Waals surface area contributed by atoms with E-state index in [0.29, 0.717) is 17.2 Å². The van der Waals surface area contributed by atoms with Crippen molar-refractivity contribution in [2.24, 2.45) is 0 Å². The third-order valence-corrected chi connectivity index (χ3v) is 3.32. The Labute approximate surface area is 123 Å². The number of hydrogen-bond acceptors (Lipinski definition) is 5. The third kappa shape index (κ3) is 3.43. The molecule has 2 amide bonds. The maximum atomic E-state index is 12.2. The number of ether oxygens (including phenoxy) is 2. The van der Waals surface area contributed by atoms with E-state index in [1.54, 1.807) is 19.2 Å². The van der Waals surface area contributed by atoms with Crippen molar-refractivity contribution in [3.8, 4) is 11.5 Å². The lowest BCUT2D eigenvalue weighted by Crippen LogP contribution is -2.56. The summed E-state index contributed by atoms with van der Waals surface area (Å²) in [5.74, 6) is 0.839. The highest BCUT2D eigenvalue weighted by molar-refractivity contribution is 5.97. The van der Waals surface area contributed by atoms with Crippen LogP contribution in [0.2, 0.25) is 0 Å². The van der Waals surface area contributed by atoms with E-state index in [0.717, 1.165) is 5.56 Å². The molecule has 21 heavy (non-hydrogen) atoms. The number of methoxy groups -OCH3 is 2. The lowest BCUT2D eigenvalue weighted by molar-refractivity contribution is -0.124. The van der Waals surface area contributed by atoms with Crippen molar-refractivity contribution in [3.05, 3.63) is 17.7 Å². The topological polar surface area (TPSA) is 88.7 Å². The highest BCUT2D eigenvalue weighted by atomic mass is 16.5. The first-order valence-electron chi connectivity index (χ1n) is 6.58. The SMILES string of the molecule is COc1cc(C)c(NC(=O)C2CNC(=O)CN2)cc1OC. The fourth-order valence-electron chi connectivity index (χ4n) is 2.09. The first kappa shape index (κ1) is 15.1. The summed E-state index contributed by atoms with van der Waals surface area (Å²) in [4.78, 5) is 23.2. The van der Waals surface area contributed by atoms with Gasteiger partial charge in [-0.2, -0.15) is 0 Å². The molecule has 1 aliphatic heterocycles. The zero-order valence-corrected chi connectivity index (χ0v) is 12.3. The van der Waals surface area contributed by atoms with Gasteiger partial charge < -0.3 is 20.1 Å². The Kier molecular flexibility index (Phi) is 4.64. The average Bonchev–Trinajstić information content (AvgIpc) is 2.49. The molecule has 0 radical (unpaired) electrons. The molecular formula is C14H19N3O4. The van der Waals surface area contributed by atoms with Gasteiger partial charge in [0.2, 0.25) is 11.8 Å². The number of carbonyl (C=O) groups excluding carboxylic acids is 2. The molecule has 0 aromatic heterocycles. The molecule has 1 heterocycles. The van der Waals surface area contributed by atoms with E-state index in [1.807, 2.05) is 6.92 Å². The Morgan fingerprint density at radius 3 is 2.52 bits per heavy atom. The molecule has 1 unspecified atom stereocenters. The second-order valence-electron chi connectivity index (χ2n) is 4.75. The molecule has 3 N–H and O–H groups in total. The Morgan fingerprint density at radius 1 is 1.29 bits per heavy atom. The van der Waals surface area contributed by atoms with Crippen LogP contribution in [0.15, 0.2) is 12.1 Å². The number of benzene rings is 1. The lowest BCUT2D eigenvalue weighted by atomic mass is 10.1. The summed E-state index contributed by atoms with van der Waals surface area (Å²) < 4.78 is 10.4. The summed E-state index contributed by atoms with van der Waals surface area (Å²) in [6.07, 6.45) is 0. The van der Waals surface area contributed by atoms with Gasteiger partial charge >= 0.3 is 0 Å². The minimum atomic E-state index is -0.449. The smallest absolute Gasteiger partial charge is 0.243 e. The molecular weight excluding hydrogens is 274 g/mol. The largest absolute Gasteiger partial charge is 0.493 e. The summed E-state index contributed by atoms with van der Waals surface area (Å²) in [5, 5.41) is 8.36. The maximum Gasteiger partial charge on any atom is 0.243 e. The molecule has 1 fully saturated rings. The molecule has 1 saturated heterocycles. The summed E-state index contributed by atoms with van der Waals surface area (Å²) in [6.45, 7) is 2.29. The van der Waals surface area contributed by atoms with Gasteiger partial charge in [-0.15, -0.1) is 0 Å². The fraction of sp³-hybridized carbons (Fsp3) is 0.429. The highest BCUT2D eigenvalue weighted by Crippen LogP contribution is 2.32. The van der Waals surface area contributed by atoms with Gasteiger partial charge in [-0.3, -0.25) is 14.9 Å². The summed E-state index contributed by atoms with van der Waals surface area (Å²) >= 11 is 0. The van der Waals surface area contributed by atoms with Crippen molar-refractivity contribution in [2.75, 3.05) is 32.6 Å².